The summed E-state index contributed by atoms with van der Waals surface area (Å²) in [6.45, 7) is 2.24. The molecule has 0 aromatic heterocycles. The number of alkyl halides is 3. The second-order valence-electron chi connectivity index (χ2n) is 10.5. The number of rotatable bonds is 8. The standard InChI is InChI=1S/C32H32F6O/c1-2-3-4-5-21-6-8-22(9-7-21)10-11-23-13-17-27-26(18-23)16-15-25(30(27)35)14-12-24-19-28(33)31(29(34)20-24)39-32(36,37)38/h13,15-22H,2-11H2,1H3. The van der Waals surface area contributed by atoms with Gasteiger partial charge in [-0.05, 0) is 53.8 Å². The van der Waals surface area contributed by atoms with E-state index in [-0.39, 0.29) is 11.1 Å². The molecule has 1 aliphatic rings. The Bertz CT molecular complexity index is 1320. The van der Waals surface area contributed by atoms with Crippen molar-refractivity contribution in [2.45, 2.75) is 77.5 Å². The number of halogens is 6. The fraction of sp³-hybridized carbons (Fsp3) is 0.438. The van der Waals surface area contributed by atoms with Crippen LogP contribution in [0.1, 0.15) is 81.4 Å². The molecule has 0 bridgehead atoms. The van der Waals surface area contributed by atoms with E-state index in [2.05, 4.69) is 23.5 Å². The summed E-state index contributed by atoms with van der Waals surface area (Å²) in [5.74, 6) is 1.33. The lowest BCUT2D eigenvalue weighted by Crippen LogP contribution is -2.19. The lowest BCUT2D eigenvalue weighted by Gasteiger charge is -2.28. The molecule has 1 fully saturated rings. The molecule has 0 heterocycles. The normalized spacial score (nSPS) is 17.6. The van der Waals surface area contributed by atoms with Crippen molar-refractivity contribution in [1.82, 2.24) is 0 Å². The van der Waals surface area contributed by atoms with Crippen LogP contribution in [0.5, 0.6) is 5.75 Å². The summed E-state index contributed by atoms with van der Waals surface area (Å²) >= 11 is 0. The Balaban J connectivity index is 1.39. The van der Waals surface area contributed by atoms with Crippen LogP contribution in [0.4, 0.5) is 26.3 Å². The van der Waals surface area contributed by atoms with Gasteiger partial charge in [0.2, 0.25) is 5.75 Å². The van der Waals surface area contributed by atoms with E-state index < -0.39 is 29.6 Å². The van der Waals surface area contributed by atoms with Gasteiger partial charge < -0.3 is 4.74 Å². The van der Waals surface area contributed by atoms with Gasteiger partial charge >= 0.3 is 6.36 Å². The lowest BCUT2D eigenvalue weighted by molar-refractivity contribution is -0.276. The third-order valence-electron chi connectivity index (χ3n) is 7.60. The molecule has 0 aliphatic heterocycles. The molecule has 0 spiro atoms. The highest BCUT2D eigenvalue weighted by atomic mass is 19.4. The zero-order valence-electron chi connectivity index (χ0n) is 21.9. The van der Waals surface area contributed by atoms with Gasteiger partial charge in [-0.3, -0.25) is 0 Å². The number of unbranched alkanes of at least 4 members (excludes halogenated alkanes) is 2. The van der Waals surface area contributed by atoms with E-state index in [0.29, 0.717) is 17.5 Å². The zero-order chi connectivity index (χ0) is 28.0. The summed E-state index contributed by atoms with van der Waals surface area (Å²) in [6, 6.07) is 10.1. The second-order valence-corrected chi connectivity index (χ2v) is 10.5. The minimum absolute atomic E-state index is 0.0161. The first-order valence-electron chi connectivity index (χ1n) is 13.6. The third kappa shape index (κ3) is 7.94. The fourth-order valence-corrected chi connectivity index (χ4v) is 5.44. The minimum atomic E-state index is -5.24. The van der Waals surface area contributed by atoms with Gasteiger partial charge in [0.1, 0.15) is 5.82 Å². The molecule has 1 aliphatic carbocycles. The highest BCUT2D eigenvalue weighted by Crippen LogP contribution is 2.35. The molecular formula is C32H32F6O. The lowest BCUT2D eigenvalue weighted by atomic mass is 9.77. The number of ether oxygens (including phenoxy) is 1. The molecule has 7 heteroatoms. The largest absolute Gasteiger partial charge is 0.573 e. The van der Waals surface area contributed by atoms with Gasteiger partial charge in [0, 0.05) is 10.9 Å². The van der Waals surface area contributed by atoms with Crippen LogP contribution in [-0.4, -0.2) is 6.36 Å². The molecule has 1 nitrogen and oxygen atoms in total. The first kappa shape index (κ1) is 28.9. The van der Waals surface area contributed by atoms with Gasteiger partial charge in [0.05, 0.1) is 5.56 Å². The molecule has 0 atom stereocenters. The van der Waals surface area contributed by atoms with Gasteiger partial charge in [-0.15, -0.1) is 13.2 Å². The quantitative estimate of drug-likeness (QED) is 0.155. The maximum Gasteiger partial charge on any atom is 0.573 e. The van der Waals surface area contributed by atoms with Crippen LogP contribution in [0.15, 0.2) is 42.5 Å². The monoisotopic (exact) mass is 546 g/mol. The van der Waals surface area contributed by atoms with Gasteiger partial charge in [-0.25, -0.2) is 13.2 Å². The summed E-state index contributed by atoms with van der Waals surface area (Å²) in [5, 5.41) is 1.12. The molecule has 3 aromatic carbocycles. The van der Waals surface area contributed by atoms with Crippen LogP contribution < -0.4 is 4.74 Å². The Morgan fingerprint density at radius 2 is 1.49 bits per heavy atom. The average Bonchev–Trinajstić information content (AvgIpc) is 2.89. The first-order chi connectivity index (χ1) is 18.6. The van der Waals surface area contributed by atoms with Crippen LogP contribution in [0.3, 0.4) is 0 Å². The van der Waals surface area contributed by atoms with Gasteiger partial charge in [0.25, 0.3) is 0 Å². The van der Waals surface area contributed by atoms with E-state index >= 15 is 4.39 Å². The van der Waals surface area contributed by atoms with Gasteiger partial charge in [0.15, 0.2) is 11.6 Å². The number of hydrogen-bond acceptors (Lipinski definition) is 1. The Kier molecular flexibility index (Phi) is 9.48. The predicted molar refractivity (Wildman–Crippen MR) is 141 cm³/mol. The average molecular weight is 547 g/mol. The van der Waals surface area contributed by atoms with Crippen molar-refractivity contribution in [3.63, 3.8) is 0 Å². The highest BCUT2D eigenvalue weighted by Gasteiger charge is 2.34. The Labute approximate surface area is 225 Å². The topological polar surface area (TPSA) is 9.23 Å². The Hall–Kier alpha value is -3.14. The molecule has 3 aromatic rings. The molecule has 0 saturated heterocycles. The van der Waals surface area contributed by atoms with Crippen molar-refractivity contribution >= 4 is 10.8 Å². The minimum Gasteiger partial charge on any atom is -0.399 e. The molecule has 0 radical (unpaired) electrons. The third-order valence-corrected chi connectivity index (χ3v) is 7.60. The smallest absolute Gasteiger partial charge is 0.399 e. The van der Waals surface area contributed by atoms with E-state index in [4.69, 9.17) is 0 Å². The summed E-state index contributed by atoms with van der Waals surface area (Å²) in [6.07, 6.45) is 7.35. The van der Waals surface area contributed by atoms with Crippen LogP contribution >= 0.6 is 0 Å². The van der Waals surface area contributed by atoms with Crippen molar-refractivity contribution in [3.8, 4) is 17.6 Å². The Morgan fingerprint density at radius 3 is 2.13 bits per heavy atom. The van der Waals surface area contributed by atoms with Crippen LogP contribution in [0, 0.1) is 41.1 Å². The maximum atomic E-state index is 15.1. The summed E-state index contributed by atoms with van der Waals surface area (Å²) in [7, 11) is 0. The molecule has 0 unspecified atom stereocenters. The molecule has 208 valence electrons. The molecule has 39 heavy (non-hydrogen) atoms. The van der Waals surface area contributed by atoms with Crippen LogP contribution in [-0.2, 0) is 6.42 Å². The Morgan fingerprint density at radius 1 is 0.821 bits per heavy atom. The summed E-state index contributed by atoms with van der Waals surface area (Å²) in [5.41, 5.74) is 0.921. The van der Waals surface area contributed by atoms with Crippen molar-refractivity contribution in [3.05, 3.63) is 76.6 Å². The SMILES string of the molecule is CCCCCC1CCC(CCc2ccc3c(F)c(C#Cc4cc(F)c(OC(F)(F)F)c(F)c4)ccc3c2)CC1. The molecule has 1 saturated carbocycles. The molecular weight excluding hydrogens is 514 g/mol. The van der Waals surface area contributed by atoms with Crippen molar-refractivity contribution in [1.29, 1.82) is 0 Å². The zero-order valence-corrected chi connectivity index (χ0v) is 21.9. The van der Waals surface area contributed by atoms with E-state index in [1.165, 1.54) is 57.4 Å². The van der Waals surface area contributed by atoms with Crippen molar-refractivity contribution < 1.29 is 31.1 Å². The van der Waals surface area contributed by atoms with E-state index in [0.717, 1.165) is 35.6 Å². The van der Waals surface area contributed by atoms with E-state index in [1.54, 1.807) is 12.1 Å². The van der Waals surface area contributed by atoms with Crippen molar-refractivity contribution in [2.75, 3.05) is 0 Å². The van der Waals surface area contributed by atoms with Crippen molar-refractivity contribution in [2.24, 2.45) is 11.8 Å². The number of aryl methyl sites for hydroxylation is 1. The maximum absolute atomic E-state index is 15.1. The summed E-state index contributed by atoms with van der Waals surface area (Å²) < 4.78 is 83.4. The molecule has 4 rings (SSSR count). The van der Waals surface area contributed by atoms with Gasteiger partial charge in [-0.2, -0.15) is 0 Å². The van der Waals surface area contributed by atoms with E-state index in [1.807, 2.05) is 12.1 Å². The predicted octanol–water partition coefficient (Wildman–Crippen LogP) is 9.87. The number of benzene rings is 3. The first-order valence-corrected chi connectivity index (χ1v) is 13.6. The fourth-order valence-electron chi connectivity index (χ4n) is 5.44. The summed E-state index contributed by atoms with van der Waals surface area (Å²) in [4.78, 5) is 0. The van der Waals surface area contributed by atoms with Gasteiger partial charge in [-0.1, -0.05) is 94.4 Å². The highest BCUT2D eigenvalue weighted by molar-refractivity contribution is 5.85. The second kappa shape index (κ2) is 12.8. The number of fused-ring (bicyclic) bond motifs is 1. The molecule has 0 N–H and O–H groups in total. The van der Waals surface area contributed by atoms with Crippen LogP contribution in [0.25, 0.3) is 10.8 Å². The van der Waals surface area contributed by atoms with E-state index in [9.17, 15) is 22.0 Å². The van der Waals surface area contributed by atoms with Crippen LogP contribution in [0.2, 0.25) is 0 Å². The number of hydrogen-bond donors (Lipinski definition) is 0. The molecule has 0 amide bonds.